The molecule has 1 atom stereocenters. The Morgan fingerprint density at radius 2 is 1.83 bits per heavy atom. The maximum Gasteiger partial charge on any atom is 0.186 e. The SMILES string of the molecule is COCC[C@](C#N)(O[Si](C)(C)C)c1ccccc1. The van der Waals surface area contributed by atoms with E-state index in [0.717, 1.165) is 5.56 Å². The summed E-state index contributed by atoms with van der Waals surface area (Å²) in [5.74, 6) is 0. The van der Waals surface area contributed by atoms with Gasteiger partial charge in [0.05, 0.1) is 6.61 Å². The van der Waals surface area contributed by atoms with Gasteiger partial charge in [-0.1, -0.05) is 30.3 Å². The second kappa shape index (κ2) is 6.14. The normalized spacial score (nSPS) is 14.8. The van der Waals surface area contributed by atoms with Crippen LogP contribution in [0.15, 0.2) is 30.3 Å². The monoisotopic (exact) mass is 263 g/mol. The number of nitriles is 1. The van der Waals surface area contributed by atoms with Gasteiger partial charge in [-0.25, -0.2) is 0 Å². The number of nitrogens with zero attached hydrogens (tertiary/aromatic N) is 1. The minimum absolute atomic E-state index is 0.507. The molecule has 1 rings (SSSR count). The topological polar surface area (TPSA) is 42.2 Å². The maximum absolute atomic E-state index is 9.61. The van der Waals surface area contributed by atoms with Crippen LogP contribution < -0.4 is 0 Å². The number of rotatable bonds is 6. The standard InChI is InChI=1S/C14H21NO2Si/c1-16-11-10-14(12-15,17-18(2,3)4)13-8-6-5-7-9-13/h5-9H,10-11H2,1-4H3/t14-/m1/s1. The molecule has 0 N–H and O–H groups in total. The number of benzene rings is 1. The molecule has 0 amide bonds. The molecule has 0 bridgehead atoms. The van der Waals surface area contributed by atoms with E-state index in [-0.39, 0.29) is 0 Å². The molecule has 0 aliphatic rings. The van der Waals surface area contributed by atoms with Crippen molar-refractivity contribution in [1.82, 2.24) is 0 Å². The van der Waals surface area contributed by atoms with E-state index < -0.39 is 13.9 Å². The summed E-state index contributed by atoms with van der Waals surface area (Å²) in [5, 5.41) is 9.61. The Bertz CT molecular complexity index is 408. The molecular weight excluding hydrogens is 242 g/mol. The van der Waals surface area contributed by atoms with Crippen molar-refractivity contribution in [1.29, 1.82) is 5.26 Å². The van der Waals surface area contributed by atoms with E-state index in [0.29, 0.717) is 13.0 Å². The second-order valence-electron chi connectivity index (χ2n) is 5.26. The first-order valence-corrected chi connectivity index (χ1v) is 9.50. The smallest absolute Gasteiger partial charge is 0.186 e. The number of methoxy groups -OCH3 is 1. The highest BCUT2D eigenvalue weighted by Crippen LogP contribution is 2.32. The van der Waals surface area contributed by atoms with Crippen LogP contribution in [0.2, 0.25) is 19.6 Å². The molecule has 0 spiro atoms. The summed E-state index contributed by atoms with van der Waals surface area (Å²) in [6, 6.07) is 12.0. The molecule has 98 valence electrons. The highest BCUT2D eigenvalue weighted by molar-refractivity contribution is 6.69. The van der Waals surface area contributed by atoms with Gasteiger partial charge in [-0.2, -0.15) is 5.26 Å². The van der Waals surface area contributed by atoms with E-state index in [1.54, 1.807) is 7.11 Å². The van der Waals surface area contributed by atoms with Crippen LogP contribution in [0, 0.1) is 11.3 Å². The Morgan fingerprint density at radius 3 is 2.28 bits per heavy atom. The first-order chi connectivity index (χ1) is 8.43. The molecule has 1 aromatic rings. The Kier molecular flexibility index (Phi) is 5.09. The van der Waals surface area contributed by atoms with Crippen LogP contribution in [0.4, 0.5) is 0 Å². The lowest BCUT2D eigenvalue weighted by atomic mass is 9.92. The molecule has 1 aromatic carbocycles. The van der Waals surface area contributed by atoms with Crippen molar-refractivity contribution in [2.24, 2.45) is 0 Å². The predicted octanol–water partition coefficient (Wildman–Crippen LogP) is 3.29. The predicted molar refractivity (Wildman–Crippen MR) is 74.7 cm³/mol. The van der Waals surface area contributed by atoms with Gasteiger partial charge in [0.25, 0.3) is 0 Å². The van der Waals surface area contributed by atoms with Crippen molar-refractivity contribution in [2.75, 3.05) is 13.7 Å². The summed E-state index contributed by atoms with van der Waals surface area (Å²) >= 11 is 0. The van der Waals surface area contributed by atoms with E-state index >= 15 is 0 Å². The van der Waals surface area contributed by atoms with Gasteiger partial charge in [0.15, 0.2) is 13.9 Å². The lowest BCUT2D eigenvalue weighted by Crippen LogP contribution is -2.40. The largest absolute Gasteiger partial charge is 0.396 e. The number of hydrogen-bond acceptors (Lipinski definition) is 3. The first-order valence-electron chi connectivity index (χ1n) is 6.09. The fourth-order valence-corrected chi connectivity index (χ4v) is 3.18. The number of ether oxygens (including phenoxy) is 1. The molecule has 4 heteroatoms. The molecular formula is C14H21NO2Si. The van der Waals surface area contributed by atoms with Gasteiger partial charge in [0.2, 0.25) is 0 Å². The number of hydrogen-bond donors (Lipinski definition) is 0. The van der Waals surface area contributed by atoms with Crippen molar-refractivity contribution in [2.45, 2.75) is 31.7 Å². The van der Waals surface area contributed by atoms with Crippen molar-refractivity contribution in [3.05, 3.63) is 35.9 Å². The molecule has 0 saturated heterocycles. The summed E-state index contributed by atoms with van der Waals surface area (Å²) in [4.78, 5) is 0. The van der Waals surface area contributed by atoms with Gasteiger partial charge in [-0.15, -0.1) is 0 Å². The molecule has 3 nitrogen and oxygen atoms in total. The van der Waals surface area contributed by atoms with Crippen molar-refractivity contribution in [3.8, 4) is 6.07 Å². The fraction of sp³-hybridized carbons (Fsp3) is 0.500. The van der Waals surface area contributed by atoms with Crippen molar-refractivity contribution < 1.29 is 9.16 Å². The first kappa shape index (κ1) is 14.9. The van der Waals surface area contributed by atoms with Crippen LogP contribution in [0.5, 0.6) is 0 Å². The zero-order valence-electron chi connectivity index (χ0n) is 11.6. The zero-order valence-corrected chi connectivity index (χ0v) is 12.6. The average Bonchev–Trinajstić information content (AvgIpc) is 2.34. The zero-order chi connectivity index (χ0) is 13.6. The third-order valence-electron chi connectivity index (χ3n) is 2.56. The molecule has 0 radical (unpaired) electrons. The van der Waals surface area contributed by atoms with Gasteiger partial charge >= 0.3 is 0 Å². The van der Waals surface area contributed by atoms with Crippen LogP contribution in [-0.2, 0) is 14.8 Å². The second-order valence-corrected chi connectivity index (χ2v) is 9.69. The van der Waals surface area contributed by atoms with E-state index in [9.17, 15) is 5.26 Å². The third kappa shape index (κ3) is 3.95. The van der Waals surface area contributed by atoms with Crippen LogP contribution in [-0.4, -0.2) is 22.0 Å². The molecule has 0 aliphatic heterocycles. The minimum atomic E-state index is -1.82. The van der Waals surface area contributed by atoms with Gasteiger partial charge in [-0.3, -0.25) is 0 Å². The Balaban J connectivity index is 3.11. The van der Waals surface area contributed by atoms with E-state index in [1.807, 2.05) is 30.3 Å². The van der Waals surface area contributed by atoms with E-state index in [4.69, 9.17) is 9.16 Å². The van der Waals surface area contributed by atoms with Crippen molar-refractivity contribution in [3.63, 3.8) is 0 Å². The minimum Gasteiger partial charge on any atom is -0.396 e. The van der Waals surface area contributed by atoms with Crippen LogP contribution in [0.3, 0.4) is 0 Å². The summed E-state index contributed by atoms with van der Waals surface area (Å²) in [7, 11) is -0.184. The Hall–Kier alpha value is -1.15. The van der Waals surface area contributed by atoms with Gasteiger partial charge in [0, 0.05) is 13.5 Å². The highest BCUT2D eigenvalue weighted by atomic mass is 28.4. The fourth-order valence-electron chi connectivity index (χ4n) is 1.87. The van der Waals surface area contributed by atoms with Gasteiger partial charge in [-0.05, 0) is 25.2 Å². The molecule has 0 fully saturated rings. The average molecular weight is 263 g/mol. The van der Waals surface area contributed by atoms with Crippen LogP contribution in [0.1, 0.15) is 12.0 Å². The summed E-state index contributed by atoms with van der Waals surface area (Å²) in [6.07, 6.45) is 0.550. The summed E-state index contributed by atoms with van der Waals surface area (Å²) < 4.78 is 11.3. The van der Waals surface area contributed by atoms with Gasteiger partial charge < -0.3 is 9.16 Å². The molecule has 0 unspecified atom stereocenters. The molecule has 18 heavy (non-hydrogen) atoms. The molecule has 0 aromatic heterocycles. The Labute approximate surface area is 110 Å². The lowest BCUT2D eigenvalue weighted by molar-refractivity contribution is 0.0692. The molecule has 0 aliphatic carbocycles. The molecule has 0 heterocycles. The lowest BCUT2D eigenvalue weighted by Gasteiger charge is -2.34. The Morgan fingerprint density at radius 1 is 1.22 bits per heavy atom. The van der Waals surface area contributed by atoms with Gasteiger partial charge in [0.1, 0.15) is 6.07 Å². The molecule has 0 saturated carbocycles. The highest BCUT2D eigenvalue weighted by Gasteiger charge is 2.37. The van der Waals surface area contributed by atoms with Crippen LogP contribution in [0.25, 0.3) is 0 Å². The van der Waals surface area contributed by atoms with Crippen molar-refractivity contribution >= 4 is 8.32 Å². The van der Waals surface area contributed by atoms with Crippen LogP contribution >= 0.6 is 0 Å². The maximum atomic E-state index is 9.61. The van der Waals surface area contributed by atoms with E-state index in [2.05, 4.69) is 25.7 Å². The van der Waals surface area contributed by atoms with E-state index in [1.165, 1.54) is 0 Å². The summed E-state index contributed by atoms with van der Waals surface area (Å²) in [5.41, 5.74) is 0.0221. The summed E-state index contributed by atoms with van der Waals surface area (Å²) in [6.45, 7) is 6.78. The third-order valence-corrected chi connectivity index (χ3v) is 3.52. The quantitative estimate of drug-likeness (QED) is 0.740.